The molecular weight excluding hydrogens is 143 g/mol. The fraction of sp³-hybridized carbons (Fsp3) is 0.800. The molecule has 0 fully saturated rings. The van der Waals surface area contributed by atoms with E-state index in [1.54, 1.807) is 6.92 Å². The van der Waals surface area contributed by atoms with E-state index in [1.807, 2.05) is 0 Å². The van der Waals surface area contributed by atoms with Crippen LogP contribution in [0.15, 0.2) is 4.99 Å². The van der Waals surface area contributed by atoms with E-state index in [0.29, 0.717) is 6.54 Å². The number of rotatable bonds is 3. The Bertz CT molecular complexity index is 103. The summed E-state index contributed by atoms with van der Waals surface area (Å²) in [5, 5.41) is -0.0740. The van der Waals surface area contributed by atoms with E-state index in [-0.39, 0.29) is 11.2 Å². The third-order valence-electron chi connectivity index (χ3n) is 0.683. The predicted octanol–water partition coefficient (Wildman–Crippen LogP) is 0.940. The van der Waals surface area contributed by atoms with Crippen LogP contribution in [-0.2, 0) is 0 Å². The van der Waals surface area contributed by atoms with Gasteiger partial charge in [-0.1, -0.05) is 0 Å². The van der Waals surface area contributed by atoms with Crippen molar-refractivity contribution in [2.24, 2.45) is 10.7 Å². The van der Waals surface area contributed by atoms with Gasteiger partial charge >= 0.3 is 0 Å². The molecule has 0 bridgehead atoms. The van der Waals surface area contributed by atoms with Crippen LogP contribution in [0.1, 0.15) is 6.92 Å². The zero-order valence-corrected chi connectivity index (χ0v) is 6.03. The summed E-state index contributed by atoms with van der Waals surface area (Å²) in [6.07, 6.45) is 0. The molecule has 0 aromatic heterocycles. The van der Waals surface area contributed by atoms with E-state index in [0.717, 1.165) is 0 Å². The Labute approximate surface area is 58.9 Å². The molecule has 0 aromatic carbocycles. The Morgan fingerprint density at radius 2 is 2.44 bits per heavy atom. The molecule has 1 unspecified atom stereocenters. The zero-order valence-electron chi connectivity index (χ0n) is 5.27. The first-order valence-corrected chi connectivity index (χ1v) is 3.09. The lowest BCUT2D eigenvalue weighted by Crippen LogP contribution is -2.15. The Morgan fingerprint density at radius 1 is 1.89 bits per heavy atom. The van der Waals surface area contributed by atoms with Gasteiger partial charge in [0, 0.05) is 0 Å². The highest BCUT2D eigenvalue weighted by Gasteiger charge is 1.93. The molecule has 0 spiro atoms. The van der Waals surface area contributed by atoms with Gasteiger partial charge in [-0.2, -0.15) is 0 Å². The van der Waals surface area contributed by atoms with Crippen molar-refractivity contribution in [2.45, 2.75) is 12.3 Å². The molecule has 0 aliphatic heterocycles. The summed E-state index contributed by atoms with van der Waals surface area (Å²) in [6.45, 7) is 1.47. The first-order valence-electron chi connectivity index (χ1n) is 2.65. The first kappa shape index (κ1) is 8.69. The van der Waals surface area contributed by atoms with Gasteiger partial charge in [-0.3, -0.25) is 4.99 Å². The van der Waals surface area contributed by atoms with E-state index in [1.165, 1.54) is 0 Å². The van der Waals surface area contributed by atoms with Crippen LogP contribution in [0.4, 0.5) is 4.39 Å². The molecular formula is C5H10ClFN2. The number of amidine groups is 1. The molecule has 0 saturated heterocycles. The van der Waals surface area contributed by atoms with Crippen LogP contribution in [0, 0.1) is 0 Å². The Morgan fingerprint density at radius 3 is 2.78 bits per heavy atom. The average Bonchev–Trinajstić information content (AvgIpc) is 1.83. The standard InChI is InChI=1S/C5H10ClFN2/c1-4(6)3-9-5(8)2-7/h4H,2-3H2,1H3,(H2,8,9). The fourth-order valence-electron chi connectivity index (χ4n) is 0.285. The number of hydrogen-bond acceptors (Lipinski definition) is 1. The normalized spacial score (nSPS) is 15.7. The van der Waals surface area contributed by atoms with Gasteiger partial charge < -0.3 is 5.73 Å². The van der Waals surface area contributed by atoms with E-state index < -0.39 is 6.67 Å². The van der Waals surface area contributed by atoms with Crippen molar-refractivity contribution in [3.63, 3.8) is 0 Å². The smallest absolute Gasteiger partial charge is 0.146 e. The number of nitrogens with zero attached hydrogens (tertiary/aromatic N) is 1. The van der Waals surface area contributed by atoms with Crippen LogP contribution in [-0.4, -0.2) is 24.4 Å². The number of halogens is 2. The van der Waals surface area contributed by atoms with Crippen LogP contribution in [0.5, 0.6) is 0 Å². The fourth-order valence-corrected chi connectivity index (χ4v) is 0.354. The van der Waals surface area contributed by atoms with E-state index >= 15 is 0 Å². The van der Waals surface area contributed by atoms with Crippen molar-refractivity contribution in [2.75, 3.05) is 13.2 Å². The second-order valence-electron chi connectivity index (χ2n) is 1.75. The average molecular weight is 153 g/mol. The summed E-state index contributed by atoms with van der Waals surface area (Å²) < 4.78 is 11.5. The summed E-state index contributed by atoms with van der Waals surface area (Å²) in [4.78, 5) is 3.63. The van der Waals surface area contributed by atoms with Crippen LogP contribution in [0.3, 0.4) is 0 Å². The van der Waals surface area contributed by atoms with E-state index in [9.17, 15) is 4.39 Å². The monoisotopic (exact) mass is 152 g/mol. The van der Waals surface area contributed by atoms with Crippen LogP contribution < -0.4 is 5.73 Å². The minimum Gasteiger partial charge on any atom is -0.385 e. The minimum absolute atomic E-state index is 0.0162. The van der Waals surface area contributed by atoms with Crippen LogP contribution in [0.2, 0.25) is 0 Å². The number of aliphatic imine (C=N–C) groups is 1. The summed E-state index contributed by atoms with van der Waals surface area (Å²) in [7, 11) is 0. The van der Waals surface area contributed by atoms with Crippen molar-refractivity contribution >= 4 is 17.4 Å². The lowest BCUT2D eigenvalue weighted by Gasteiger charge is -1.96. The molecule has 2 N–H and O–H groups in total. The van der Waals surface area contributed by atoms with Crippen molar-refractivity contribution in [3.8, 4) is 0 Å². The molecule has 0 radical (unpaired) electrons. The molecule has 0 saturated carbocycles. The van der Waals surface area contributed by atoms with E-state index in [4.69, 9.17) is 17.3 Å². The topological polar surface area (TPSA) is 38.4 Å². The summed E-state index contributed by atoms with van der Waals surface area (Å²) in [6, 6.07) is 0. The molecule has 0 rings (SSSR count). The third-order valence-corrected chi connectivity index (χ3v) is 0.821. The van der Waals surface area contributed by atoms with Gasteiger partial charge in [-0.05, 0) is 6.92 Å². The third kappa shape index (κ3) is 5.56. The Hall–Kier alpha value is -0.310. The second-order valence-corrected chi connectivity index (χ2v) is 2.49. The maximum absolute atomic E-state index is 11.5. The van der Waals surface area contributed by atoms with Crippen molar-refractivity contribution in [1.82, 2.24) is 0 Å². The molecule has 0 aromatic rings. The molecule has 0 amide bonds. The highest BCUT2D eigenvalue weighted by molar-refractivity contribution is 6.20. The molecule has 0 aliphatic rings. The van der Waals surface area contributed by atoms with Crippen LogP contribution >= 0.6 is 11.6 Å². The lowest BCUT2D eigenvalue weighted by atomic mass is 10.5. The van der Waals surface area contributed by atoms with Gasteiger partial charge in [0.2, 0.25) is 0 Å². The van der Waals surface area contributed by atoms with Crippen molar-refractivity contribution < 1.29 is 4.39 Å². The predicted molar refractivity (Wildman–Crippen MR) is 37.8 cm³/mol. The maximum atomic E-state index is 11.5. The summed E-state index contributed by atoms with van der Waals surface area (Å²) in [5.74, 6) is 0.0162. The van der Waals surface area contributed by atoms with Crippen LogP contribution in [0.25, 0.3) is 0 Å². The van der Waals surface area contributed by atoms with Gasteiger partial charge in [0.1, 0.15) is 12.5 Å². The number of hydrogen-bond donors (Lipinski definition) is 1. The minimum atomic E-state index is -0.691. The quantitative estimate of drug-likeness (QED) is 0.365. The van der Waals surface area contributed by atoms with Gasteiger partial charge in [0.15, 0.2) is 0 Å². The molecule has 2 nitrogen and oxygen atoms in total. The second kappa shape index (κ2) is 4.56. The molecule has 54 valence electrons. The van der Waals surface area contributed by atoms with Gasteiger partial charge in [0.25, 0.3) is 0 Å². The molecule has 1 atom stereocenters. The highest BCUT2D eigenvalue weighted by Crippen LogP contribution is 1.92. The number of nitrogens with two attached hydrogens (primary N) is 1. The van der Waals surface area contributed by atoms with E-state index in [2.05, 4.69) is 4.99 Å². The molecule has 9 heavy (non-hydrogen) atoms. The lowest BCUT2D eigenvalue weighted by molar-refractivity contribution is 0.577. The number of alkyl halides is 2. The van der Waals surface area contributed by atoms with Gasteiger partial charge in [-0.15, -0.1) is 11.6 Å². The summed E-state index contributed by atoms with van der Waals surface area (Å²) >= 11 is 5.49. The Kier molecular flexibility index (Phi) is 4.40. The molecule has 0 aliphatic carbocycles. The summed E-state index contributed by atoms with van der Waals surface area (Å²) in [5.41, 5.74) is 5.04. The zero-order chi connectivity index (χ0) is 7.28. The Balaban J connectivity index is 3.43. The highest BCUT2D eigenvalue weighted by atomic mass is 35.5. The van der Waals surface area contributed by atoms with Crippen molar-refractivity contribution in [1.29, 1.82) is 0 Å². The molecule has 0 heterocycles. The maximum Gasteiger partial charge on any atom is 0.146 e. The largest absolute Gasteiger partial charge is 0.385 e. The van der Waals surface area contributed by atoms with Crippen molar-refractivity contribution in [3.05, 3.63) is 0 Å². The SMILES string of the molecule is CC(Cl)CN=C(N)CF. The first-order chi connectivity index (χ1) is 4.16. The van der Waals surface area contributed by atoms with Gasteiger partial charge in [0.05, 0.1) is 11.9 Å². The van der Waals surface area contributed by atoms with Gasteiger partial charge in [-0.25, -0.2) is 4.39 Å². The molecule has 4 heteroatoms.